The molecule has 0 fully saturated rings. The van der Waals surface area contributed by atoms with E-state index >= 15 is 0 Å². The Hall–Kier alpha value is -1.38. The third-order valence-corrected chi connectivity index (χ3v) is 3.51. The Morgan fingerprint density at radius 3 is 2.53 bits per heavy atom. The van der Waals surface area contributed by atoms with E-state index in [1.165, 1.54) is 12.1 Å². The number of hydrogen-bond acceptors (Lipinski definition) is 1. The van der Waals surface area contributed by atoms with Crippen molar-refractivity contribution in [3.63, 3.8) is 0 Å². The molecule has 4 heteroatoms. The van der Waals surface area contributed by atoms with Gasteiger partial charge in [0.15, 0.2) is 5.78 Å². The summed E-state index contributed by atoms with van der Waals surface area (Å²) in [4.78, 5) is 12.1. The van der Waals surface area contributed by atoms with E-state index in [9.17, 15) is 9.18 Å². The highest BCUT2D eigenvalue weighted by Gasteiger charge is 2.11. The van der Waals surface area contributed by atoms with Crippen LogP contribution in [0.2, 0.25) is 10.0 Å². The maximum absolute atomic E-state index is 13.6. The fourth-order valence-electron chi connectivity index (χ4n) is 1.76. The summed E-state index contributed by atoms with van der Waals surface area (Å²) in [6.45, 7) is 1.82. The molecular weight excluding hydrogens is 286 g/mol. The zero-order valence-electron chi connectivity index (χ0n) is 10.2. The second-order valence-electron chi connectivity index (χ2n) is 4.30. The summed E-state index contributed by atoms with van der Waals surface area (Å²) in [5, 5.41) is 0.922. The normalized spacial score (nSPS) is 10.5. The molecule has 0 aliphatic rings. The highest BCUT2D eigenvalue weighted by Crippen LogP contribution is 2.19. The molecule has 0 amide bonds. The molecule has 2 aromatic rings. The molecule has 2 aromatic carbocycles. The number of aryl methyl sites for hydroxylation is 1. The van der Waals surface area contributed by atoms with Gasteiger partial charge in [0, 0.05) is 22.0 Å². The van der Waals surface area contributed by atoms with E-state index < -0.39 is 5.82 Å². The summed E-state index contributed by atoms with van der Waals surface area (Å²) < 4.78 is 13.6. The molecule has 0 aliphatic carbocycles. The van der Waals surface area contributed by atoms with Crippen molar-refractivity contribution in [1.82, 2.24) is 0 Å². The Bertz CT molecular complexity index is 638. The molecule has 0 saturated heterocycles. The molecule has 2 rings (SSSR count). The first-order valence-corrected chi connectivity index (χ1v) is 6.46. The number of halogens is 3. The quantitative estimate of drug-likeness (QED) is 0.739. The number of benzene rings is 2. The van der Waals surface area contributed by atoms with Gasteiger partial charge in [-0.05, 0) is 48.4 Å². The van der Waals surface area contributed by atoms with Crippen LogP contribution in [0.1, 0.15) is 21.5 Å². The first-order valence-electron chi connectivity index (χ1n) is 5.70. The van der Waals surface area contributed by atoms with Crippen LogP contribution >= 0.6 is 23.2 Å². The van der Waals surface area contributed by atoms with Crippen LogP contribution in [0, 0.1) is 12.7 Å². The molecule has 19 heavy (non-hydrogen) atoms. The second-order valence-corrected chi connectivity index (χ2v) is 5.14. The van der Waals surface area contributed by atoms with E-state index in [0.29, 0.717) is 21.2 Å². The molecule has 0 aliphatic heterocycles. The van der Waals surface area contributed by atoms with Gasteiger partial charge >= 0.3 is 0 Å². The van der Waals surface area contributed by atoms with E-state index in [4.69, 9.17) is 23.2 Å². The molecule has 0 bridgehead atoms. The number of ketones is 1. The third-order valence-electron chi connectivity index (χ3n) is 2.85. The standard InChI is InChI=1S/C15H11Cl2FO/c1-9-6-11(3-5-13(9)17)15(19)7-10-2-4-12(16)8-14(10)18/h2-6,8H,7H2,1H3. The number of rotatable bonds is 3. The van der Waals surface area contributed by atoms with E-state index in [1.807, 2.05) is 6.92 Å². The predicted octanol–water partition coefficient (Wildman–Crippen LogP) is 4.87. The predicted molar refractivity (Wildman–Crippen MR) is 75.6 cm³/mol. The van der Waals surface area contributed by atoms with Crippen LogP contribution in [0.5, 0.6) is 0 Å². The Morgan fingerprint density at radius 1 is 1.16 bits per heavy atom. The Balaban J connectivity index is 2.23. The topological polar surface area (TPSA) is 17.1 Å². The minimum Gasteiger partial charge on any atom is -0.294 e. The molecule has 0 heterocycles. The van der Waals surface area contributed by atoms with Crippen molar-refractivity contribution in [3.05, 3.63) is 69.0 Å². The maximum atomic E-state index is 13.6. The van der Waals surface area contributed by atoms with Crippen molar-refractivity contribution >= 4 is 29.0 Å². The lowest BCUT2D eigenvalue weighted by atomic mass is 10.0. The monoisotopic (exact) mass is 296 g/mol. The molecule has 1 nitrogen and oxygen atoms in total. The van der Waals surface area contributed by atoms with Crippen molar-refractivity contribution in [1.29, 1.82) is 0 Å². The molecule has 0 saturated carbocycles. The first-order chi connectivity index (χ1) is 8.97. The van der Waals surface area contributed by atoms with Crippen molar-refractivity contribution in [3.8, 4) is 0 Å². The van der Waals surface area contributed by atoms with Crippen molar-refractivity contribution in [2.45, 2.75) is 13.3 Å². The smallest absolute Gasteiger partial charge is 0.167 e. The average Bonchev–Trinajstić information content (AvgIpc) is 2.36. The zero-order valence-corrected chi connectivity index (χ0v) is 11.7. The minimum atomic E-state index is -0.466. The van der Waals surface area contributed by atoms with E-state index in [1.54, 1.807) is 24.3 Å². The molecule has 0 aromatic heterocycles. The first kappa shape index (κ1) is 14.0. The molecule has 98 valence electrons. The summed E-state index contributed by atoms with van der Waals surface area (Å²) >= 11 is 11.6. The van der Waals surface area contributed by atoms with Gasteiger partial charge in [0.05, 0.1) is 0 Å². The number of carbonyl (C=O) groups is 1. The summed E-state index contributed by atoms with van der Waals surface area (Å²) in [6.07, 6.45) is 0.00404. The minimum absolute atomic E-state index is 0.00404. The van der Waals surface area contributed by atoms with Gasteiger partial charge < -0.3 is 0 Å². The molecular formula is C15H11Cl2FO. The van der Waals surface area contributed by atoms with Gasteiger partial charge in [0.25, 0.3) is 0 Å². The molecule has 0 unspecified atom stereocenters. The molecule has 0 N–H and O–H groups in total. The second kappa shape index (κ2) is 5.72. The third kappa shape index (κ3) is 3.34. The van der Waals surface area contributed by atoms with Crippen LogP contribution in [0.4, 0.5) is 4.39 Å². The molecule has 0 atom stereocenters. The van der Waals surface area contributed by atoms with Gasteiger partial charge in [-0.1, -0.05) is 29.3 Å². The number of hydrogen-bond donors (Lipinski definition) is 0. The molecule has 0 spiro atoms. The van der Waals surface area contributed by atoms with Gasteiger partial charge in [-0.2, -0.15) is 0 Å². The fourth-order valence-corrected chi connectivity index (χ4v) is 2.03. The average molecular weight is 297 g/mol. The lowest BCUT2D eigenvalue weighted by molar-refractivity contribution is 0.0991. The van der Waals surface area contributed by atoms with Gasteiger partial charge in [-0.15, -0.1) is 0 Å². The van der Waals surface area contributed by atoms with Crippen LogP contribution in [0.3, 0.4) is 0 Å². The van der Waals surface area contributed by atoms with Crippen molar-refractivity contribution in [2.75, 3.05) is 0 Å². The van der Waals surface area contributed by atoms with Gasteiger partial charge in [-0.25, -0.2) is 4.39 Å². The van der Waals surface area contributed by atoms with Crippen LogP contribution < -0.4 is 0 Å². The van der Waals surface area contributed by atoms with Crippen molar-refractivity contribution in [2.24, 2.45) is 0 Å². The van der Waals surface area contributed by atoms with Crippen molar-refractivity contribution < 1.29 is 9.18 Å². The van der Waals surface area contributed by atoms with Gasteiger partial charge in [0.1, 0.15) is 5.82 Å². The number of carbonyl (C=O) groups excluding carboxylic acids is 1. The molecule has 0 radical (unpaired) electrons. The van der Waals surface area contributed by atoms with E-state index in [0.717, 1.165) is 5.56 Å². The van der Waals surface area contributed by atoms with Gasteiger partial charge in [0.2, 0.25) is 0 Å². The van der Waals surface area contributed by atoms with Crippen LogP contribution in [0.25, 0.3) is 0 Å². The summed E-state index contributed by atoms with van der Waals surface area (Å²) in [6, 6.07) is 9.32. The summed E-state index contributed by atoms with van der Waals surface area (Å²) in [5.41, 5.74) is 1.68. The SMILES string of the molecule is Cc1cc(C(=O)Cc2ccc(Cl)cc2F)ccc1Cl. The highest BCUT2D eigenvalue weighted by molar-refractivity contribution is 6.31. The maximum Gasteiger partial charge on any atom is 0.167 e. The lowest BCUT2D eigenvalue weighted by Crippen LogP contribution is -2.05. The van der Waals surface area contributed by atoms with Crippen LogP contribution in [-0.2, 0) is 6.42 Å². The fraction of sp³-hybridized carbons (Fsp3) is 0.133. The van der Waals surface area contributed by atoms with E-state index in [-0.39, 0.29) is 12.2 Å². The van der Waals surface area contributed by atoms with Crippen LogP contribution in [-0.4, -0.2) is 5.78 Å². The lowest BCUT2D eigenvalue weighted by Gasteiger charge is -2.05. The largest absolute Gasteiger partial charge is 0.294 e. The Kier molecular flexibility index (Phi) is 4.23. The summed E-state index contributed by atoms with van der Waals surface area (Å²) in [5.74, 6) is -0.618. The summed E-state index contributed by atoms with van der Waals surface area (Å²) in [7, 11) is 0. The number of Topliss-reactive ketones (excluding diaryl/α,β-unsaturated/α-hetero) is 1. The Morgan fingerprint density at radius 2 is 1.89 bits per heavy atom. The van der Waals surface area contributed by atoms with Crippen LogP contribution in [0.15, 0.2) is 36.4 Å². The highest BCUT2D eigenvalue weighted by atomic mass is 35.5. The zero-order chi connectivity index (χ0) is 14.0. The Labute approximate surface area is 121 Å². The van der Waals surface area contributed by atoms with Gasteiger partial charge in [-0.3, -0.25) is 4.79 Å². The van der Waals surface area contributed by atoms with E-state index in [2.05, 4.69) is 0 Å².